The van der Waals surface area contributed by atoms with Crippen molar-refractivity contribution >= 4 is 0 Å². The van der Waals surface area contributed by atoms with Gasteiger partial charge >= 0.3 is 0 Å². The van der Waals surface area contributed by atoms with Crippen LogP contribution in [0.25, 0.3) is 0 Å². The Morgan fingerprint density at radius 1 is 0.343 bits per heavy atom. The SMILES string of the molecule is CC(C)C/C=C1/CCC2CC1C2(C)C.CC(C)C/C=C1\CCC2CC1C2(C)C.CC(C)CCC1CCC2CC1C2(C)C.CC(C)CC[C@@H]1CC[C@H]2C[C@@H]1C2(C)C.CC(C)CC[C@H]1CC[C@@H]2C[C@H]1C2(C)C. The highest BCUT2D eigenvalue weighted by molar-refractivity contribution is 5.23. The van der Waals surface area contributed by atoms with E-state index in [9.17, 15) is 0 Å². The van der Waals surface area contributed by atoms with Gasteiger partial charge in [0.2, 0.25) is 0 Å². The molecule has 13 atom stereocenters. The molecule has 0 aromatic heterocycles. The number of allylic oxidation sites excluding steroid dienone is 4. The lowest BCUT2D eigenvalue weighted by molar-refractivity contribution is -0.107. The monoisotopic (exact) mass is 967 g/mol. The summed E-state index contributed by atoms with van der Waals surface area (Å²) in [4.78, 5) is 0. The zero-order valence-corrected chi connectivity index (χ0v) is 51.3. The molecule has 0 saturated heterocycles. The van der Waals surface area contributed by atoms with Gasteiger partial charge in [-0.1, -0.05) is 181 Å². The van der Waals surface area contributed by atoms with Crippen molar-refractivity contribution < 1.29 is 0 Å². The van der Waals surface area contributed by atoms with Crippen LogP contribution in [0.1, 0.15) is 286 Å². The molecular formula is C70H126. The molecule has 0 heteroatoms. The molecular weight excluding hydrogens is 841 g/mol. The van der Waals surface area contributed by atoms with Crippen LogP contribution in [0.4, 0.5) is 0 Å². The van der Waals surface area contributed by atoms with Crippen molar-refractivity contribution in [2.24, 2.45) is 134 Å². The minimum Gasteiger partial charge on any atom is -0.0848 e. The minimum atomic E-state index is 0.626. The fourth-order valence-electron chi connectivity index (χ4n) is 18.1. The lowest BCUT2D eigenvalue weighted by Crippen LogP contribution is -2.52. The van der Waals surface area contributed by atoms with Crippen LogP contribution in [0.15, 0.2) is 23.3 Å². The predicted molar refractivity (Wildman–Crippen MR) is 311 cm³/mol. The molecule has 15 aliphatic carbocycles. The molecule has 406 valence electrons. The molecule has 0 heterocycles. The largest absolute Gasteiger partial charge is 0.0848 e. The van der Waals surface area contributed by atoms with Gasteiger partial charge in [0.25, 0.3) is 0 Å². The maximum absolute atomic E-state index is 2.55. The molecule has 10 bridgehead atoms. The molecule has 15 aliphatic rings. The Morgan fingerprint density at radius 2 is 0.614 bits per heavy atom. The highest BCUT2D eigenvalue weighted by Gasteiger charge is 2.56. The van der Waals surface area contributed by atoms with E-state index < -0.39 is 0 Å². The number of rotatable bonds is 13. The molecule has 7 unspecified atom stereocenters. The standard InChI is InChI=1S/3C14H26.2C14H24/c5*1-10(2)5-6-11-7-8-12-9-13(11)14(12,3)4/h3*10-13H,5-9H2,1-4H3;2*6,10,12-13H,5,7-9H2,1-4H3/b;;;11-6+;11-6-/t2*11-,12+,13+;;;/m10.../s1. The van der Waals surface area contributed by atoms with E-state index in [0.29, 0.717) is 27.1 Å². The van der Waals surface area contributed by atoms with Crippen LogP contribution in [-0.4, -0.2) is 0 Å². The van der Waals surface area contributed by atoms with Crippen molar-refractivity contribution in [2.75, 3.05) is 0 Å². The summed E-state index contributed by atoms with van der Waals surface area (Å²) in [7, 11) is 0. The second-order valence-corrected chi connectivity index (χ2v) is 32.5. The molecule has 0 aromatic rings. The van der Waals surface area contributed by atoms with Crippen molar-refractivity contribution in [3.05, 3.63) is 23.3 Å². The average molecular weight is 968 g/mol. The Balaban J connectivity index is 0.000000143. The summed E-state index contributed by atoms with van der Waals surface area (Å²) in [5, 5.41) is 0. The van der Waals surface area contributed by atoms with Crippen LogP contribution in [0.3, 0.4) is 0 Å². The van der Waals surface area contributed by atoms with E-state index in [1.807, 2.05) is 0 Å². The molecule has 15 saturated carbocycles. The van der Waals surface area contributed by atoms with E-state index in [1.54, 1.807) is 30.4 Å². The van der Waals surface area contributed by atoms with Crippen molar-refractivity contribution in [3.8, 4) is 0 Å². The molecule has 15 fully saturated rings. The average Bonchev–Trinajstić information content (AvgIpc) is 3.31. The first-order valence-electron chi connectivity index (χ1n) is 32.0. The fraction of sp³-hybridized carbons (Fsp3) is 0.943. The Kier molecular flexibility index (Phi) is 20.0. The summed E-state index contributed by atoms with van der Waals surface area (Å²) in [6, 6.07) is 0. The van der Waals surface area contributed by atoms with Gasteiger partial charge < -0.3 is 0 Å². The summed E-state index contributed by atoms with van der Waals surface area (Å²) in [6.45, 7) is 48.3. The Labute approximate surface area is 441 Å². The fourth-order valence-corrected chi connectivity index (χ4v) is 18.1. The van der Waals surface area contributed by atoms with Crippen LogP contribution < -0.4 is 0 Å². The van der Waals surface area contributed by atoms with E-state index in [-0.39, 0.29) is 0 Å². The van der Waals surface area contributed by atoms with E-state index >= 15 is 0 Å². The van der Waals surface area contributed by atoms with Crippen LogP contribution in [-0.2, 0) is 0 Å². The van der Waals surface area contributed by atoms with Crippen molar-refractivity contribution in [2.45, 2.75) is 286 Å². The topological polar surface area (TPSA) is 0 Å². The lowest BCUT2D eigenvalue weighted by atomic mass is 9.45. The molecule has 0 spiro atoms. The molecule has 0 radical (unpaired) electrons. The van der Waals surface area contributed by atoms with Crippen LogP contribution in [0.2, 0.25) is 0 Å². The summed E-state index contributed by atoms with van der Waals surface area (Å²) >= 11 is 0. The van der Waals surface area contributed by atoms with Gasteiger partial charge in [0.05, 0.1) is 0 Å². The number of fused-ring (bicyclic) bond motifs is 10. The van der Waals surface area contributed by atoms with E-state index in [2.05, 4.69) is 151 Å². The second-order valence-electron chi connectivity index (χ2n) is 32.5. The number of hydrogen-bond donors (Lipinski definition) is 0. The van der Waals surface area contributed by atoms with Gasteiger partial charge in [-0.3, -0.25) is 0 Å². The first-order chi connectivity index (χ1) is 32.6. The summed E-state index contributed by atoms with van der Waals surface area (Å²) in [5.41, 5.74) is 6.90. The molecule has 0 aromatic carbocycles. The Hall–Kier alpha value is -0.520. The van der Waals surface area contributed by atoms with Crippen molar-refractivity contribution in [3.63, 3.8) is 0 Å². The smallest absolute Gasteiger partial charge is 0.0146 e. The molecule has 0 N–H and O–H groups in total. The van der Waals surface area contributed by atoms with E-state index in [1.165, 1.54) is 128 Å². The lowest BCUT2D eigenvalue weighted by Gasteiger charge is -2.60. The normalized spacial score (nSPS) is 38.7. The Morgan fingerprint density at radius 3 is 0.814 bits per heavy atom. The van der Waals surface area contributed by atoms with Crippen molar-refractivity contribution in [1.29, 1.82) is 0 Å². The highest BCUT2D eigenvalue weighted by Crippen LogP contribution is 2.65. The molecule has 70 heavy (non-hydrogen) atoms. The first kappa shape index (κ1) is 58.7. The summed E-state index contributed by atoms with van der Waals surface area (Å²) in [5.74, 6) is 17.9. The second kappa shape index (κ2) is 23.8. The van der Waals surface area contributed by atoms with Crippen LogP contribution in [0.5, 0.6) is 0 Å². The molecule has 0 aliphatic heterocycles. The zero-order chi connectivity index (χ0) is 51.7. The van der Waals surface area contributed by atoms with Crippen LogP contribution in [0, 0.1) is 134 Å². The summed E-state index contributed by atoms with van der Waals surface area (Å²) in [6.07, 6.45) is 39.0. The third kappa shape index (κ3) is 13.3. The first-order valence-corrected chi connectivity index (χ1v) is 32.0. The molecule has 15 rings (SSSR count). The van der Waals surface area contributed by atoms with Crippen LogP contribution >= 0.6 is 0 Å². The van der Waals surface area contributed by atoms with Crippen molar-refractivity contribution in [1.82, 2.24) is 0 Å². The third-order valence-electron chi connectivity index (χ3n) is 24.5. The predicted octanol–water partition coefficient (Wildman–Crippen LogP) is 22.3. The third-order valence-corrected chi connectivity index (χ3v) is 24.5. The maximum atomic E-state index is 2.55. The molecule has 0 amide bonds. The zero-order valence-electron chi connectivity index (χ0n) is 51.3. The van der Waals surface area contributed by atoms with Gasteiger partial charge in [-0.05, 0) is 262 Å². The van der Waals surface area contributed by atoms with Gasteiger partial charge in [-0.25, -0.2) is 0 Å². The Bertz CT molecular complexity index is 1490. The minimum absolute atomic E-state index is 0.626. The number of hydrogen-bond acceptors (Lipinski definition) is 0. The highest BCUT2D eigenvalue weighted by atomic mass is 14.6. The van der Waals surface area contributed by atoms with Gasteiger partial charge in [-0.2, -0.15) is 0 Å². The van der Waals surface area contributed by atoms with Gasteiger partial charge in [0, 0.05) is 0 Å². The van der Waals surface area contributed by atoms with Gasteiger partial charge in [-0.15, -0.1) is 0 Å². The van der Waals surface area contributed by atoms with Gasteiger partial charge in [0.1, 0.15) is 0 Å². The quantitative estimate of drug-likeness (QED) is 0.161. The maximum Gasteiger partial charge on any atom is -0.0146 e. The summed E-state index contributed by atoms with van der Waals surface area (Å²) < 4.78 is 0. The van der Waals surface area contributed by atoms with Gasteiger partial charge in [0.15, 0.2) is 0 Å². The van der Waals surface area contributed by atoms with E-state index in [4.69, 9.17) is 0 Å². The molecule has 0 nitrogen and oxygen atoms in total. The van der Waals surface area contributed by atoms with E-state index in [0.717, 1.165) is 107 Å².